The first-order chi connectivity index (χ1) is 9.85. The van der Waals surface area contributed by atoms with E-state index in [0.29, 0.717) is 45.6 Å². The van der Waals surface area contributed by atoms with Gasteiger partial charge in [0.15, 0.2) is 0 Å². The van der Waals surface area contributed by atoms with E-state index in [1.54, 1.807) is 6.07 Å². The molecule has 1 aromatic carbocycles. The first-order valence-electron chi connectivity index (χ1n) is 6.99. The summed E-state index contributed by atoms with van der Waals surface area (Å²) >= 11 is 17.8. The van der Waals surface area contributed by atoms with Gasteiger partial charge in [-0.05, 0) is 43.4 Å². The number of hydrogen-bond acceptors (Lipinski definition) is 2. The summed E-state index contributed by atoms with van der Waals surface area (Å²) in [5, 5.41) is 3.87. The molecule has 0 aromatic heterocycles. The average Bonchev–Trinajstić information content (AvgIpc) is 2.40. The van der Waals surface area contributed by atoms with Crippen LogP contribution in [-0.4, -0.2) is 12.5 Å². The van der Waals surface area contributed by atoms with Crippen LogP contribution in [0.15, 0.2) is 12.1 Å². The molecule has 118 valence electrons. The van der Waals surface area contributed by atoms with Crippen molar-refractivity contribution in [3.05, 3.63) is 27.2 Å². The molecule has 0 saturated carbocycles. The second-order valence-electron chi connectivity index (χ2n) is 5.41. The van der Waals surface area contributed by atoms with Gasteiger partial charge in [0.05, 0.1) is 20.8 Å². The van der Waals surface area contributed by atoms with Crippen molar-refractivity contribution in [2.24, 2.45) is 17.6 Å². The molecule has 3 nitrogen and oxygen atoms in total. The van der Waals surface area contributed by atoms with Gasteiger partial charge in [-0.3, -0.25) is 4.79 Å². The van der Waals surface area contributed by atoms with Crippen LogP contribution < -0.4 is 11.1 Å². The van der Waals surface area contributed by atoms with Crippen molar-refractivity contribution < 1.29 is 4.79 Å². The topological polar surface area (TPSA) is 55.1 Å². The van der Waals surface area contributed by atoms with E-state index < -0.39 is 0 Å². The molecule has 0 spiro atoms. The van der Waals surface area contributed by atoms with Gasteiger partial charge in [0, 0.05) is 6.42 Å². The SMILES string of the molecule is CC(C)C(CCN)CCC(=O)Nc1cc(Cl)c(Cl)cc1Cl. The van der Waals surface area contributed by atoms with E-state index >= 15 is 0 Å². The minimum Gasteiger partial charge on any atom is -0.330 e. The van der Waals surface area contributed by atoms with Crippen LogP contribution in [-0.2, 0) is 4.79 Å². The van der Waals surface area contributed by atoms with Gasteiger partial charge >= 0.3 is 0 Å². The molecule has 0 saturated heterocycles. The molecule has 1 atom stereocenters. The molecule has 21 heavy (non-hydrogen) atoms. The van der Waals surface area contributed by atoms with Gasteiger partial charge in [0.1, 0.15) is 0 Å². The van der Waals surface area contributed by atoms with Crippen molar-refractivity contribution in [1.29, 1.82) is 0 Å². The van der Waals surface area contributed by atoms with Gasteiger partial charge in [0.2, 0.25) is 5.91 Å². The largest absolute Gasteiger partial charge is 0.330 e. The van der Waals surface area contributed by atoms with Gasteiger partial charge in [-0.2, -0.15) is 0 Å². The van der Waals surface area contributed by atoms with Crippen LogP contribution in [0.5, 0.6) is 0 Å². The minimum absolute atomic E-state index is 0.0852. The summed E-state index contributed by atoms with van der Waals surface area (Å²) in [5.74, 6) is 0.873. The highest BCUT2D eigenvalue weighted by Gasteiger charge is 2.15. The summed E-state index contributed by atoms with van der Waals surface area (Å²) in [4.78, 5) is 12.0. The van der Waals surface area contributed by atoms with Crippen LogP contribution >= 0.6 is 34.8 Å². The lowest BCUT2D eigenvalue weighted by molar-refractivity contribution is -0.116. The van der Waals surface area contributed by atoms with Crippen LogP contribution in [0.4, 0.5) is 5.69 Å². The lowest BCUT2D eigenvalue weighted by atomic mass is 9.88. The van der Waals surface area contributed by atoms with Crippen LogP contribution in [0.3, 0.4) is 0 Å². The summed E-state index contributed by atoms with van der Waals surface area (Å²) in [5.41, 5.74) is 6.09. The molecule has 1 aromatic rings. The predicted molar refractivity (Wildman–Crippen MR) is 91.3 cm³/mol. The zero-order valence-electron chi connectivity index (χ0n) is 12.3. The fourth-order valence-corrected chi connectivity index (χ4v) is 2.77. The highest BCUT2D eigenvalue weighted by molar-refractivity contribution is 6.44. The van der Waals surface area contributed by atoms with E-state index in [4.69, 9.17) is 40.5 Å². The minimum atomic E-state index is -0.0852. The fraction of sp³-hybridized carbons (Fsp3) is 0.533. The average molecular weight is 352 g/mol. The van der Waals surface area contributed by atoms with Gasteiger partial charge < -0.3 is 11.1 Å². The Labute approximate surface area is 141 Å². The maximum absolute atomic E-state index is 12.0. The molecule has 0 aliphatic rings. The number of hydrogen-bond donors (Lipinski definition) is 2. The Morgan fingerprint density at radius 1 is 1.14 bits per heavy atom. The van der Waals surface area contributed by atoms with Crippen molar-refractivity contribution in [2.45, 2.75) is 33.1 Å². The second-order valence-corrected chi connectivity index (χ2v) is 6.64. The smallest absolute Gasteiger partial charge is 0.224 e. The standard InChI is InChI=1S/C15H21Cl3N2O/c1-9(2)10(5-6-19)3-4-15(21)20-14-8-12(17)11(16)7-13(14)18/h7-10H,3-6,19H2,1-2H3,(H,20,21). The van der Waals surface area contributed by atoms with Crippen molar-refractivity contribution in [2.75, 3.05) is 11.9 Å². The van der Waals surface area contributed by atoms with Crippen molar-refractivity contribution in [3.63, 3.8) is 0 Å². The van der Waals surface area contributed by atoms with Gasteiger partial charge in [0.25, 0.3) is 0 Å². The predicted octanol–water partition coefficient (Wildman–Crippen LogP) is 4.99. The van der Waals surface area contributed by atoms with Crippen molar-refractivity contribution in [3.8, 4) is 0 Å². The third kappa shape index (κ3) is 6.03. The fourth-order valence-electron chi connectivity index (χ4n) is 2.17. The highest BCUT2D eigenvalue weighted by atomic mass is 35.5. The van der Waals surface area contributed by atoms with E-state index in [9.17, 15) is 4.79 Å². The third-order valence-corrected chi connectivity index (χ3v) is 4.54. The van der Waals surface area contributed by atoms with Crippen molar-refractivity contribution in [1.82, 2.24) is 0 Å². The molecule has 1 amide bonds. The van der Waals surface area contributed by atoms with E-state index in [1.807, 2.05) is 0 Å². The summed E-state index contributed by atoms with van der Waals surface area (Å²) in [6, 6.07) is 3.08. The quantitative estimate of drug-likeness (QED) is 0.680. The van der Waals surface area contributed by atoms with Crippen LogP contribution in [0.2, 0.25) is 15.1 Å². The monoisotopic (exact) mass is 350 g/mol. The third-order valence-electron chi connectivity index (χ3n) is 3.51. The van der Waals surface area contributed by atoms with E-state index in [2.05, 4.69) is 19.2 Å². The normalized spacial score (nSPS) is 12.5. The molecule has 1 rings (SSSR count). The van der Waals surface area contributed by atoms with Gasteiger partial charge in [-0.15, -0.1) is 0 Å². The molecular weight excluding hydrogens is 331 g/mol. The molecule has 0 heterocycles. The first kappa shape index (κ1) is 18.6. The first-order valence-corrected chi connectivity index (χ1v) is 8.13. The number of nitrogens with one attached hydrogen (secondary N) is 1. The molecule has 0 radical (unpaired) electrons. The second kappa shape index (κ2) is 8.84. The number of nitrogens with two attached hydrogens (primary N) is 1. The van der Waals surface area contributed by atoms with E-state index in [0.717, 1.165) is 12.8 Å². The number of carbonyl (C=O) groups excluding carboxylic acids is 1. The molecule has 0 fully saturated rings. The summed E-state index contributed by atoms with van der Waals surface area (Å²) in [6.45, 7) is 4.94. The Bertz CT molecular complexity index is 492. The lowest BCUT2D eigenvalue weighted by Gasteiger charge is -2.19. The molecule has 3 N–H and O–H groups in total. The summed E-state index contributed by atoms with van der Waals surface area (Å²) < 4.78 is 0. The highest BCUT2D eigenvalue weighted by Crippen LogP contribution is 2.32. The Morgan fingerprint density at radius 2 is 1.76 bits per heavy atom. The number of amides is 1. The molecule has 0 aliphatic carbocycles. The number of carbonyl (C=O) groups is 1. The number of benzene rings is 1. The summed E-state index contributed by atoms with van der Waals surface area (Å²) in [7, 11) is 0. The molecule has 6 heteroatoms. The molecule has 1 unspecified atom stereocenters. The number of halogens is 3. The van der Waals surface area contributed by atoms with Crippen molar-refractivity contribution >= 4 is 46.4 Å². The van der Waals surface area contributed by atoms with E-state index in [-0.39, 0.29) is 5.91 Å². The summed E-state index contributed by atoms with van der Waals surface area (Å²) in [6.07, 6.45) is 2.16. The number of rotatable bonds is 7. The lowest BCUT2D eigenvalue weighted by Crippen LogP contribution is -2.18. The van der Waals surface area contributed by atoms with Crippen LogP contribution in [0.25, 0.3) is 0 Å². The Hall–Kier alpha value is -0.480. The van der Waals surface area contributed by atoms with Gasteiger partial charge in [-0.25, -0.2) is 0 Å². The maximum atomic E-state index is 12.0. The Balaban J connectivity index is 2.60. The molecule has 0 bridgehead atoms. The Morgan fingerprint density at radius 3 is 2.33 bits per heavy atom. The van der Waals surface area contributed by atoms with E-state index in [1.165, 1.54) is 6.07 Å². The molecular formula is C15H21Cl3N2O. The number of anilines is 1. The zero-order chi connectivity index (χ0) is 16.0. The van der Waals surface area contributed by atoms with Crippen LogP contribution in [0, 0.1) is 11.8 Å². The molecule has 0 aliphatic heterocycles. The van der Waals surface area contributed by atoms with Gasteiger partial charge in [-0.1, -0.05) is 48.7 Å². The zero-order valence-corrected chi connectivity index (χ0v) is 14.5. The van der Waals surface area contributed by atoms with Crippen LogP contribution in [0.1, 0.15) is 33.1 Å². The Kier molecular flexibility index (Phi) is 7.82. The maximum Gasteiger partial charge on any atom is 0.224 e.